The number of imidazole rings is 1. The molecular weight excluding hydrogens is 631 g/mol. The molecule has 41 heavy (non-hydrogen) atoms. The number of aliphatic hydroxyl groups excluding tert-OH is 7. The molecule has 0 radical (unpaired) electrons. The van der Waals surface area contributed by atoms with E-state index in [4.69, 9.17) is 50.7 Å². The number of nitrogens with zero attached hydrogens (tertiary/aromatic N) is 4. The van der Waals surface area contributed by atoms with Gasteiger partial charge in [-0.05, 0) is 0 Å². The van der Waals surface area contributed by atoms with Gasteiger partial charge in [0.25, 0.3) is 0 Å². The van der Waals surface area contributed by atoms with Crippen LogP contribution in [0.1, 0.15) is 6.23 Å². The van der Waals surface area contributed by atoms with E-state index in [-0.39, 0.29) is 17.0 Å². The molecule has 3 rings (SSSR count). The van der Waals surface area contributed by atoms with Crippen molar-refractivity contribution >= 4 is 40.4 Å². The molecule has 4 unspecified atom stereocenters. The molecule has 2 aromatic rings. The highest BCUT2D eigenvalue weighted by Gasteiger charge is 2.47. The molecule has 8 atom stereocenters. The summed E-state index contributed by atoms with van der Waals surface area (Å²) < 4.78 is 51.9. The third-order valence-electron chi connectivity index (χ3n) is 4.98. The largest absolute Gasteiger partial charge is 0.490 e. The molecule has 23 nitrogen and oxygen atoms in total. The molecular formula is C15H28N5O18P3. The average molecular weight is 659 g/mol. The summed E-state index contributed by atoms with van der Waals surface area (Å²) in [6.07, 6.45) is -7.98. The molecule has 0 bridgehead atoms. The van der Waals surface area contributed by atoms with Crippen molar-refractivity contribution in [2.75, 3.05) is 25.6 Å². The van der Waals surface area contributed by atoms with Crippen molar-refractivity contribution in [3.8, 4) is 0 Å². The smallest absolute Gasteiger partial charge is 0.394 e. The zero-order chi connectivity index (χ0) is 31.3. The highest BCUT2D eigenvalue weighted by atomic mass is 31.3. The molecule has 0 aliphatic carbocycles. The summed E-state index contributed by atoms with van der Waals surface area (Å²) in [6, 6.07) is 0. The number of hydrogen-bond donors (Lipinski definition) is 12. The summed E-state index contributed by atoms with van der Waals surface area (Å²) in [7, 11) is -16.7. The van der Waals surface area contributed by atoms with Gasteiger partial charge in [-0.15, -0.1) is 0 Å². The number of rotatable bonds is 12. The van der Waals surface area contributed by atoms with E-state index in [2.05, 4.69) is 28.1 Å². The van der Waals surface area contributed by atoms with E-state index < -0.39 is 86.1 Å². The van der Waals surface area contributed by atoms with Crippen LogP contribution in [0.3, 0.4) is 0 Å². The van der Waals surface area contributed by atoms with Crippen LogP contribution >= 0.6 is 23.5 Å². The van der Waals surface area contributed by atoms with Crippen LogP contribution < -0.4 is 5.73 Å². The molecule has 1 aliphatic rings. The number of phosphoric ester groups is 1. The Bertz CT molecular complexity index is 1280. The van der Waals surface area contributed by atoms with Crippen molar-refractivity contribution in [2.45, 2.75) is 42.9 Å². The number of nitrogens with two attached hydrogens (primary N) is 1. The van der Waals surface area contributed by atoms with Gasteiger partial charge in [-0.3, -0.25) is 9.09 Å². The molecule has 3 heterocycles. The minimum atomic E-state index is -5.70. The molecule has 1 saturated heterocycles. The first-order chi connectivity index (χ1) is 18.8. The van der Waals surface area contributed by atoms with Gasteiger partial charge in [0.05, 0.1) is 26.1 Å². The van der Waals surface area contributed by atoms with Crippen LogP contribution in [0, 0.1) is 0 Å². The van der Waals surface area contributed by atoms with E-state index in [1.165, 1.54) is 10.9 Å². The molecule has 1 fully saturated rings. The molecule has 26 heteroatoms. The Morgan fingerprint density at radius 1 is 0.927 bits per heavy atom. The summed E-state index contributed by atoms with van der Waals surface area (Å²) in [5.74, 6) is 0.0426. The molecule has 236 valence electrons. The molecule has 13 N–H and O–H groups in total. The second-order valence-corrected chi connectivity index (χ2v) is 12.4. The number of aliphatic hydroxyl groups is 7. The van der Waals surface area contributed by atoms with Crippen LogP contribution in [-0.4, -0.2) is 131 Å². The van der Waals surface area contributed by atoms with E-state index >= 15 is 0 Å². The Morgan fingerprint density at radius 3 is 2.05 bits per heavy atom. The van der Waals surface area contributed by atoms with Crippen molar-refractivity contribution in [2.24, 2.45) is 0 Å². The lowest BCUT2D eigenvalue weighted by Gasteiger charge is -2.19. The fourth-order valence-corrected chi connectivity index (χ4v) is 6.13. The highest BCUT2D eigenvalue weighted by molar-refractivity contribution is 7.66. The number of ether oxygens (including phenoxy) is 1. The first kappa shape index (κ1) is 35.6. The Kier molecular flexibility index (Phi) is 12.4. The van der Waals surface area contributed by atoms with Gasteiger partial charge in [0.1, 0.15) is 48.5 Å². The topological polar surface area (TPSA) is 380 Å². The lowest BCUT2D eigenvalue weighted by Crippen LogP contribution is -2.41. The van der Waals surface area contributed by atoms with Gasteiger partial charge in [-0.25, -0.2) is 28.6 Å². The highest BCUT2D eigenvalue weighted by Crippen LogP contribution is 2.66. The van der Waals surface area contributed by atoms with Crippen LogP contribution in [0.4, 0.5) is 5.82 Å². The number of fused-ring (bicyclic) bond motifs is 1. The lowest BCUT2D eigenvalue weighted by molar-refractivity contribution is -0.0900. The fraction of sp³-hybridized carbons (Fsp3) is 0.667. The number of aromatic nitrogens is 4. The standard InChI is InChI=1S/C10H16N5O13P3.C5H12O5/c11-8-5-9(13-2-12-8)15(3-14-5)10-7(17)6(16)4(26-10)1-25-30(21,22)28-31(23,24)27-29(18,19)20;6-1-3(8)5(10)4(9)2-7/h2-4,6-7,10,16-17H,1H2,(H,21,22)(H,23,24)(H2,11,12,13)(H2,18,19,20);3-10H,1-2H2/t4-,6-,7-,10-;/m1./s1. The van der Waals surface area contributed by atoms with Crippen molar-refractivity contribution in [1.29, 1.82) is 0 Å². The Hall–Kier alpha value is -1.56. The Balaban J connectivity index is 0.000000503. The summed E-state index contributed by atoms with van der Waals surface area (Å²) in [6.45, 7) is -2.24. The van der Waals surface area contributed by atoms with Gasteiger partial charge in [0.15, 0.2) is 17.7 Å². The molecule has 0 aromatic carbocycles. The number of nitrogen functional groups attached to an aromatic ring is 1. The van der Waals surface area contributed by atoms with Gasteiger partial charge in [-0.2, -0.15) is 8.62 Å². The second kappa shape index (κ2) is 14.3. The van der Waals surface area contributed by atoms with Crippen molar-refractivity contribution in [1.82, 2.24) is 19.5 Å². The molecule has 2 aromatic heterocycles. The Labute approximate surface area is 228 Å². The van der Waals surface area contributed by atoms with Crippen LogP contribution in [0.15, 0.2) is 12.7 Å². The van der Waals surface area contributed by atoms with Crippen LogP contribution in [-0.2, 0) is 31.6 Å². The van der Waals surface area contributed by atoms with Crippen molar-refractivity contribution in [3.63, 3.8) is 0 Å². The van der Waals surface area contributed by atoms with Gasteiger partial charge in [-0.1, -0.05) is 0 Å². The predicted molar refractivity (Wildman–Crippen MR) is 128 cm³/mol. The minimum Gasteiger partial charge on any atom is -0.394 e. The second-order valence-electron chi connectivity index (χ2n) is 8.01. The van der Waals surface area contributed by atoms with Crippen molar-refractivity contribution in [3.05, 3.63) is 12.7 Å². The van der Waals surface area contributed by atoms with Gasteiger partial charge in [0, 0.05) is 0 Å². The lowest BCUT2D eigenvalue weighted by atomic mass is 10.1. The number of phosphoric acid groups is 3. The maximum Gasteiger partial charge on any atom is 0.490 e. The van der Waals surface area contributed by atoms with E-state index in [1.807, 2.05) is 0 Å². The predicted octanol–water partition coefficient (Wildman–Crippen LogP) is -4.58. The summed E-state index contributed by atoms with van der Waals surface area (Å²) in [5.41, 5.74) is 6.00. The normalized spacial score (nSPS) is 26.4. The molecule has 0 amide bonds. The van der Waals surface area contributed by atoms with Gasteiger partial charge < -0.3 is 65.8 Å². The van der Waals surface area contributed by atoms with E-state index in [0.717, 1.165) is 6.33 Å². The number of hydrogen-bond acceptors (Lipinski definition) is 18. The van der Waals surface area contributed by atoms with Crippen molar-refractivity contribution < 1.29 is 86.9 Å². The maximum atomic E-state index is 11.8. The monoisotopic (exact) mass is 659 g/mol. The quantitative estimate of drug-likeness (QED) is 0.0954. The summed E-state index contributed by atoms with van der Waals surface area (Å²) in [4.78, 5) is 47.2. The third kappa shape index (κ3) is 10.0. The summed E-state index contributed by atoms with van der Waals surface area (Å²) >= 11 is 0. The van der Waals surface area contributed by atoms with E-state index in [0.29, 0.717) is 0 Å². The average Bonchev–Trinajstić information content (AvgIpc) is 3.41. The molecule has 1 aliphatic heterocycles. The fourth-order valence-electron chi connectivity index (χ4n) is 3.10. The first-order valence-electron chi connectivity index (χ1n) is 10.8. The van der Waals surface area contributed by atoms with Crippen LogP contribution in [0.5, 0.6) is 0 Å². The first-order valence-corrected chi connectivity index (χ1v) is 15.3. The molecule has 0 spiro atoms. The minimum absolute atomic E-state index is 0.0426. The number of anilines is 1. The van der Waals surface area contributed by atoms with E-state index in [9.17, 15) is 28.8 Å². The van der Waals surface area contributed by atoms with E-state index in [1.54, 1.807) is 0 Å². The maximum absolute atomic E-state index is 11.8. The molecule has 0 saturated carbocycles. The van der Waals surface area contributed by atoms with Gasteiger partial charge >= 0.3 is 23.5 Å². The van der Waals surface area contributed by atoms with Crippen LogP contribution in [0.2, 0.25) is 0 Å². The van der Waals surface area contributed by atoms with Gasteiger partial charge in [0.2, 0.25) is 0 Å². The van der Waals surface area contributed by atoms with Crippen LogP contribution in [0.25, 0.3) is 11.2 Å². The SMILES string of the molecule is Nc1ncnc2c1ncn2[C@@H]1O[C@H](COP(=O)(O)OP(=O)(O)OP(=O)(O)O)[C@@H](O)[C@H]1O.OCC(O)C(O)C(O)CO. The summed E-state index contributed by atoms with van der Waals surface area (Å²) in [5, 5.41) is 63.0. The zero-order valence-corrected chi connectivity index (χ0v) is 23.0. The zero-order valence-electron chi connectivity index (χ0n) is 20.3. The third-order valence-corrected chi connectivity index (χ3v) is 8.78. The Morgan fingerprint density at radius 2 is 1.51 bits per heavy atom.